The molecule has 1 aliphatic rings. The Morgan fingerprint density at radius 2 is 1.92 bits per heavy atom. The van der Waals surface area contributed by atoms with Crippen molar-refractivity contribution in [1.29, 1.82) is 0 Å². The Morgan fingerprint density at radius 3 is 2.62 bits per heavy atom. The summed E-state index contributed by atoms with van der Waals surface area (Å²) in [6, 6.07) is 6.17. The first-order valence-electron chi connectivity index (χ1n) is 8.72. The molecule has 1 saturated heterocycles. The molecule has 0 bridgehead atoms. The minimum Gasteiger partial charge on any atom is -0.379 e. The van der Waals surface area contributed by atoms with Crippen molar-refractivity contribution in [2.24, 2.45) is 0 Å². The van der Waals surface area contributed by atoms with Crippen molar-refractivity contribution in [3.8, 4) is 0 Å². The van der Waals surface area contributed by atoms with Crippen LogP contribution in [0.2, 0.25) is 0 Å². The third-order valence-electron chi connectivity index (χ3n) is 4.38. The number of nitrogens with one attached hydrogen (secondary N) is 3. The number of hydrogen-bond donors (Lipinski definition) is 3. The fourth-order valence-corrected chi connectivity index (χ4v) is 2.80. The molecule has 0 spiro atoms. The maximum absolute atomic E-state index is 12.0. The maximum atomic E-state index is 12.0. The minimum atomic E-state index is -0.434. The predicted molar refractivity (Wildman–Crippen MR) is 99.5 cm³/mol. The van der Waals surface area contributed by atoms with Crippen LogP contribution < -0.4 is 16.0 Å². The number of carbonyl (C=O) groups is 1. The molecule has 0 radical (unpaired) electrons. The molecule has 1 aromatic rings. The number of anilines is 1. The lowest BCUT2D eigenvalue weighted by Crippen LogP contribution is -2.56. The van der Waals surface area contributed by atoms with E-state index in [2.05, 4.69) is 34.7 Å². The van der Waals surface area contributed by atoms with E-state index < -0.39 is 4.92 Å². The van der Waals surface area contributed by atoms with Crippen LogP contribution in [0.1, 0.15) is 13.8 Å². The van der Waals surface area contributed by atoms with Gasteiger partial charge in [0.2, 0.25) is 0 Å². The molecular formula is C17H27N5O4. The normalized spacial score (nSPS) is 15.3. The second-order valence-corrected chi connectivity index (χ2v) is 6.72. The summed E-state index contributed by atoms with van der Waals surface area (Å²) in [5, 5.41) is 19.5. The summed E-state index contributed by atoms with van der Waals surface area (Å²) in [5.74, 6) is 0. The quantitative estimate of drug-likeness (QED) is 0.365. The Labute approximate surface area is 153 Å². The van der Waals surface area contributed by atoms with Crippen LogP contribution in [0.15, 0.2) is 24.3 Å². The number of nitrogens with zero attached hydrogens (tertiary/aromatic N) is 2. The second-order valence-electron chi connectivity index (χ2n) is 6.72. The summed E-state index contributed by atoms with van der Waals surface area (Å²) in [4.78, 5) is 24.8. The number of carbonyl (C=O) groups excluding carboxylic acids is 1. The van der Waals surface area contributed by atoms with Gasteiger partial charge in [0.1, 0.15) is 5.69 Å². The first-order valence-corrected chi connectivity index (χ1v) is 8.72. The average Bonchev–Trinajstić information content (AvgIpc) is 2.64. The number of nitro benzene ring substituents is 1. The summed E-state index contributed by atoms with van der Waals surface area (Å²) >= 11 is 0. The molecule has 1 heterocycles. The number of hydrogen-bond acceptors (Lipinski definition) is 6. The van der Waals surface area contributed by atoms with Gasteiger partial charge in [-0.25, -0.2) is 4.79 Å². The molecule has 3 N–H and O–H groups in total. The van der Waals surface area contributed by atoms with E-state index in [-0.39, 0.29) is 17.3 Å². The maximum Gasteiger partial charge on any atom is 0.314 e. The SMILES string of the molecule is CC(C)(CNC(=O)NCCNc1ccccc1[N+](=O)[O-])N1CCOCC1. The molecule has 0 aliphatic carbocycles. The summed E-state index contributed by atoms with van der Waals surface area (Å²) < 4.78 is 5.36. The first-order chi connectivity index (χ1) is 12.4. The highest BCUT2D eigenvalue weighted by Gasteiger charge is 2.28. The zero-order valence-electron chi connectivity index (χ0n) is 15.3. The van der Waals surface area contributed by atoms with E-state index in [1.54, 1.807) is 18.2 Å². The highest BCUT2D eigenvalue weighted by Crippen LogP contribution is 2.22. The smallest absolute Gasteiger partial charge is 0.314 e. The number of amides is 2. The Kier molecular flexibility index (Phi) is 7.16. The molecular weight excluding hydrogens is 338 g/mol. The zero-order valence-corrected chi connectivity index (χ0v) is 15.3. The lowest BCUT2D eigenvalue weighted by molar-refractivity contribution is -0.384. The standard InChI is InChI=1S/C17H27N5O4/c1-17(2,21-9-11-26-12-10-21)13-20-16(23)19-8-7-18-14-5-3-4-6-15(14)22(24)25/h3-6,18H,7-13H2,1-2H3,(H2,19,20,23). The molecule has 0 saturated carbocycles. The van der Waals surface area contributed by atoms with Gasteiger partial charge in [-0.3, -0.25) is 15.0 Å². The van der Waals surface area contributed by atoms with Crippen LogP contribution in [-0.2, 0) is 4.74 Å². The van der Waals surface area contributed by atoms with Gasteiger partial charge in [0.15, 0.2) is 0 Å². The topological polar surface area (TPSA) is 109 Å². The van der Waals surface area contributed by atoms with Crippen LogP contribution >= 0.6 is 0 Å². The van der Waals surface area contributed by atoms with E-state index in [4.69, 9.17) is 4.74 Å². The molecule has 1 aliphatic heterocycles. The molecule has 2 rings (SSSR count). The molecule has 2 amide bonds. The Balaban J connectivity index is 1.68. The van der Waals surface area contributed by atoms with Crippen LogP contribution in [0.25, 0.3) is 0 Å². The van der Waals surface area contributed by atoms with Crippen molar-refractivity contribution in [2.45, 2.75) is 19.4 Å². The molecule has 144 valence electrons. The van der Waals surface area contributed by atoms with Crippen LogP contribution in [-0.4, -0.2) is 67.3 Å². The number of nitro groups is 1. The van der Waals surface area contributed by atoms with Crippen LogP contribution in [0.3, 0.4) is 0 Å². The molecule has 0 aromatic heterocycles. The van der Waals surface area contributed by atoms with Gasteiger partial charge < -0.3 is 20.7 Å². The van der Waals surface area contributed by atoms with Gasteiger partial charge in [-0.15, -0.1) is 0 Å². The minimum absolute atomic E-state index is 0.0178. The zero-order chi connectivity index (χ0) is 19.0. The number of benzene rings is 1. The number of urea groups is 1. The van der Waals surface area contributed by atoms with Gasteiger partial charge in [-0.2, -0.15) is 0 Å². The molecule has 0 unspecified atom stereocenters. The highest BCUT2D eigenvalue weighted by atomic mass is 16.6. The third kappa shape index (κ3) is 5.85. The van der Waals surface area contributed by atoms with Crippen molar-refractivity contribution >= 4 is 17.4 Å². The second kappa shape index (κ2) is 9.35. The molecule has 9 heteroatoms. The van der Waals surface area contributed by atoms with Crippen molar-refractivity contribution in [3.63, 3.8) is 0 Å². The van der Waals surface area contributed by atoms with E-state index in [0.717, 1.165) is 13.1 Å². The molecule has 0 atom stereocenters. The largest absolute Gasteiger partial charge is 0.379 e. The number of para-hydroxylation sites is 2. The highest BCUT2D eigenvalue weighted by molar-refractivity contribution is 5.74. The van der Waals surface area contributed by atoms with E-state index in [1.807, 2.05) is 0 Å². The third-order valence-corrected chi connectivity index (χ3v) is 4.38. The molecule has 9 nitrogen and oxygen atoms in total. The summed E-state index contributed by atoms with van der Waals surface area (Å²) in [5.41, 5.74) is 0.307. The van der Waals surface area contributed by atoms with Crippen LogP contribution in [0.5, 0.6) is 0 Å². The van der Waals surface area contributed by atoms with Gasteiger partial charge >= 0.3 is 6.03 Å². The molecule has 26 heavy (non-hydrogen) atoms. The van der Waals surface area contributed by atoms with E-state index in [1.165, 1.54) is 6.07 Å². The van der Waals surface area contributed by atoms with Gasteiger partial charge in [-0.05, 0) is 19.9 Å². The van der Waals surface area contributed by atoms with Crippen LogP contribution in [0, 0.1) is 10.1 Å². The average molecular weight is 365 g/mol. The van der Waals surface area contributed by atoms with Crippen LogP contribution in [0.4, 0.5) is 16.2 Å². The molecule has 1 fully saturated rings. The lowest BCUT2D eigenvalue weighted by Gasteiger charge is -2.40. The Bertz CT molecular complexity index is 617. The van der Waals surface area contributed by atoms with Crippen molar-refractivity contribution in [3.05, 3.63) is 34.4 Å². The summed E-state index contributed by atoms with van der Waals surface area (Å²) in [7, 11) is 0. The fourth-order valence-electron chi connectivity index (χ4n) is 2.80. The Hall–Kier alpha value is -2.39. The van der Waals surface area contributed by atoms with E-state index in [9.17, 15) is 14.9 Å². The number of rotatable bonds is 8. The van der Waals surface area contributed by atoms with Gasteiger partial charge in [0.25, 0.3) is 5.69 Å². The first kappa shape index (κ1) is 19.9. The molecule has 1 aromatic carbocycles. The Morgan fingerprint density at radius 1 is 1.23 bits per heavy atom. The lowest BCUT2D eigenvalue weighted by atomic mass is 10.0. The summed E-state index contributed by atoms with van der Waals surface area (Å²) in [6.45, 7) is 8.60. The van der Waals surface area contributed by atoms with E-state index in [0.29, 0.717) is 38.5 Å². The van der Waals surface area contributed by atoms with Crippen molar-refractivity contribution in [2.75, 3.05) is 51.3 Å². The van der Waals surface area contributed by atoms with Gasteiger partial charge in [0, 0.05) is 44.3 Å². The number of morpholine rings is 1. The van der Waals surface area contributed by atoms with Gasteiger partial charge in [0.05, 0.1) is 18.1 Å². The van der Waals surface area contributed by atoms with Gasteiger partial charge in [-0.1, -0.05) is 12.1 Å². The monoisotopic (exact) mass is 365 g/mol. The fraction of sp³-hybridized carbons (Fsp3) is 0.588. The predicted octanol–water partition coefficient (Wildman–Crippen LogP) is 1.42. The van der Waals surface area contributed by atoms with Crippen molar-refractivity contribution < 1.29 is 14.5 Å². The van der Waals surface area contributed by atoms with Crippen molar-refractivity contribution in [1.82, 2.24) is 15.5 Å². The van der Waals surface area contributed by atoms with E-state index >= 15 is 0 Å². The summed E-state index contributed by atoms with van der Waals surface area (Å²) in [6.07, 6.45) is 0. The number of ether oxygens (including phenoxy) is 1.